The Hall–Kier alpha value is -2.31. The largest absolute Gasteiger partial charge is 0.493 e. The van der Waals surface area contributed by atoms with Crippen molar-refractivity contribution in [3.05, 3.63) is 23.8 Å². The summed E-state index contributed by atoms with van der Waals surface area (Å²) in [4.78, 5) is 22.6. The Morgan fingerprint density at radius 3 is 2.48 bits per heavy atom. The number of hydrogen-bond acceptors (Lipinski definition) is 4. The molecule has 1 atom stereocenters. The molecule has 0 aliphatic heterocycles. The Balaban J connectivity index is 2.93. The summed E-state index contributed by atoms with van der Waals surface area (Å²) in [7, 11) is 1.42. The Kier molecular flexibility index (Phi) is 5.95. The minimum atomic E-state index is -1.57. The quantitative estimate of drug-likeness (QED) is 0.799. The fourth-order valence-electron chi connectivity index (χ4n) is 1.57. The standard InChI is InChI=1S/C14H18FNO5/c1-8(2)21-11-5-4-9(6-12(11)20-3)13(17)16-10(7-15)14(18)19/h4-6,8,10H,7H2,1-3H3,(H,16,17)(H,18,19). The van der Waals surface area contributed by atoms with Gasteiger partial charge in [-0.05, 0) is 32.0 Å². The lowest BCUT2D eigenvalue weighted by Crippen LogP contribution is -2.42. The predicted octanol–water partition coefficient (Wildman–Crippen LogP) is 1.63. The summed E-state index contributed by atoms with van der Waals surface area (Å²) in [6, 6.07) is 2.82. The second kappa shape index (κ2) is 7.47. The average Bonchev–Trinajstić information content (AvgIpc) is 2.43. The lowest BCUT2D eigenvalue weighted by molar-refractivity contribution is -0.139. The zero-order chi connectivity index (χ0) is 16.0. The summed E-state index contributed by atoms with van der Waals surface area (Å²) in [6.45, 7) is 2.50. The molecule has 1 aromatic rings. The van der Waals surface area contributed by atoms with Crippen LogP contribution in [0.25, 0.3) is 0 Å². The van der Waals surface area contributed by atoms with Gasteiger partial charge in [-0.2, -0.15) is 0 Å². The molecular formula is C14H18FNO5. The number of alkyl halides is 1. The van der Waals surface area contributed by atoms with Crippen LogP contribution in [0, 0.1) is 0 Å². The summed E-state index contributed by atoms with van der Waals surface area (Å²) in [5.41, 5.74) is 0.155. The van der Waals surface area contributed by atoms with E-state index >= 15 is 0 Å². The smallest absolute Gasteiger partial charge is 0.328 e. The molecule has 0 fully saturated rings. The summed E-state index contributed by atoms with van der Waals surface area (Å²) >= 11 is 0. The van der Waals surface area contributed by atoms with Crippen molar-refractivity contribution in [1.82, 2.24) is 5.32 Å². The van der Waals surface area contributed by atoms with Crippen molar-refractivity contribution in [2.45, 2.75) is 26.0 Å². The molecule has 116 valence electrons. The third-order valence-electron chi connectivity index (χ3n) is 2.55. The van der Waals surface area contributed by atoms with Gasteiger partial charge in [-0.15, -0.1) is 0 Å². The molecule has 1 amide bonds. The first-order chi connectivity index (χ1) is 9.88. The first-order valence-electron chi connectivity index (χ1n) is 6.33. The molecule has 0 saturated carbocycles. The highest BCUT2D eigenvalue weighted by Gasteiger charge is 2.21. The van der Waals surface area contributed by atoms with E-state index in [1.807, 2.05) is 13.8 Å². The number of carboxylic acids is 1. The lowest BCUT2D eigenvalue weighted by atomic mass is 10.1. The molecule has 1 rings (SSSR count). The number of aliphatic carboxylic acids is 1. The molecule has 7 heteroatoms. The van der Waals surface area contributed by atoms with Gasteiger partial charge in [0.05, 0.1) is 13.2 Å². The molecule has 1 aromatic carbocycles. The van der Waals surface area contributed by atoms with E-state index in [1.54, 1.807) is 6.07 Å². The summed E-state index contributed by atoms with van der Waals surface area (Å²) in [6.07, 6.45) is -0.0681. The molecule has 0 bridgehead atoms. The van der Waals surface area contributed by atoms with Crippen LogP contribution in [0.4, 0.5) is 4.39 Å². The molecule has 0 aliphatic carbocycles. The summed E-state index contributed by atoms with van der Waals surface area (Å²) < 4.78 is 23.1. The molecule has 0 heterocycles. The van der Waals surface area contributed by atoms with E-state index in [-0.39, 0.29) is 11.7 Å². The number of carbonyl (C=O) groups is 2. The van der Waals surface area contributed by atoms with Crippen LogP contribution in [0.3, 0.4) is 0 Å². The van der Waals surface area contributed by atoms with Gasteiger partial charge in [-0.1, -0.05) is 0 Å². The van der Waals surface area contributed by atoms with E-state index in [2.05, 4.69) is 5.32 Å². The summed E-state index contributed by atoms with van der Waals surface area (Å²) in [5.74, 6) is -1.33. The van der Waals surface area contributed by atoms with Gasteiger partial charge in [0.25, 0.3) is 5.91 Å². The van der Waals surface area contributed by atoms with E-state index < -0.39 is 24.6 Å². The van der Waals surface area contributed by atoms with Crippen molar-refractivity contribution in [2.75, 3.05) is 13.8 Å². The number of carboxylic acid groups (broad SMARTS) is 1. The fraction of sp³-hybridized carbons (Fsp3) is 0.429. The monoisotopic (exact) mass is 299 g/mol. The van der Waals surface area contributed by atoms with Crippen LogP contribution in [0.1, 0.15) is 24.2 Å². The SMILES string of the molecule is COc1cc(C(=O)NC(CF)C(=O)O)ccc1OC(C)C. The molecule has 0 spiro atoms. The van der Waals surface area contributed by atoms with Crippen molar-refractivity contribution < 1.29 is 28.6 Å². The van der Waals surface area contributed by atoms with Crippen molar-refractivity contribution in [2.24, 2.45) is 0 Å². The number of amides is 1. The van der Waals surface area contributed by atoms with E-state index in [9.17, 15) is 14.0 Å². The van der Waals surface area contributed by atoms with Crippen LogP contribution in [-0.4, -0.2) is 42.9 Å². The Labute approximate surface area is 121 Å². The van der Waals surface area contributed by atoms with Crippen molar-refractivity contribution in [1.29, 1.82) is 0 Å². The number of ether oxygens (including phenoxy) is 2. The van der Waals surface area contributed by atoms with Gasteiger partial charge < -0.3 is 19.9 Å². The molecule has 0 aliphatic rings. The van der Waals surface area contributed by atoms with Gasteiger partial charge in [-0.3, -0.25) is 4.79 Å². The van der Waals surface area contributed by atoms with E-state index in [0.717, 1.165) is 0 Å². The molecule has 0 aromatic heterocycles. The highest BCUT2D eigenvalue weighted by Crippen LogP contribution is 2.28. The van der Waals surface area contributed by atoms with Crippen LogP contribution >= 0.6 is 0 Å². The van der Waals surface area contributed by atoms with Crippen LogP contribution in [-0.2, 0) is 4.79 Å². The van der Waals surface area contributed by atoms with Crippen molar-refractivity contribution in [3.63, 3.8) is 0 Å². The first kappa shape index (κ1) is 16.7. The Morgan fingerprint density at radius 2 is 2.00 bits per heavy atom. The molecule has 0 saturated heterocycles. The average molecular weight is 299 g/mol. The fourth-order valence-corrected chi connectivity index (χ4v) is 1.57. The number of halogens is 1. The number of carbonyl (C=O) groups excluding carboxylic acids is 1. The highest BCUT2D eigenvalue weighted by molar-refractivity contribution is 5.97. The van der Waals surface area contributed by atoms with E-state index in [1.165, 1.54) is 19.2 Å². The normalized spacial score (nSPS) is 11.9. The minimum absolute atomic E-state index is 0.0681. The Bertz CT molecular complexity index is 518. The number of methoxy groups -OCH3 is 1. The van der Waals surface area contributed by atoms with Crippen LogP contribution in [0.5, 0.6) is 11.5 Å². The zero-order valence-electron chi connectivity index (χ0n) is 12.1. The van der Waals surface area contributed by atoms with Gasteiger partial charge in [0.2, 0.25) is 0 Å². The first-order valence-corrected chi connectivity index (χ1v) is 6.33. The van der Waals surface area contributed by atoms with Crippen LogP contribution in [0.2, 0.25) is 0 Å². The molecule has 6 nitrogen and oxygen atoms in total. The summed E-state index contributed by atoms with van der Waals surface area (Å²) in [5, 5.41) is 10.8. The topological polar surface area (TPSA) is 84.9 Å². The number of hydrogen-bond donors (Lipinski definition) is 2. The van der Waals surface area contributed by atoms with E-state index in [0.29, 0.717) is 11.5 Å². The maximum Gasteiger partial charge on any atom is 0.328 e. The third-order valence-corrected chi connectivity index (χ3v) is 2.55. The Morgan fingerprint density at radius 1 is 1.33 bits per heavy atom. The van der Waals surface area contributed by atoms with Gasteiger partial charge in [0, 0.05) is 5.56 Å². The van der Waals surface area contributed by atoms with Gasteiger partial charge in [0.1, 0.15) is 6.67 Å². The lowest BCUT2D eigenvalue weighted by Gasteiger charge is -2.15. The van der Waals surface area contributed by atoms with E-state index in [4.69, 9.17) is 14.6 Å². The molecule has 2 N–H and O–H groups in total. The number of benzene rings is 1. The van der Waals surface area contributed by atoms with Gasteiger partial charge >= 0.3 is 5.97 Å². The number of rotatable bonds is 7. The highest BCUT2D eigenvalue weighted by atomic mass is 19.1. The maximum atomic E-state index is 12.5. The second-order valence-corrected chi connectivity index (χ2v) is 4.55. The number of nitrogens with one attached hydrogen (secondary N) is 1. The molecule has 1 unspecified atom stereocenters. The van der Waals surface area contributed by atoms with Crippen LogP contribution < -0.4 is 14.8 Å². The van der Waals surface area contributed by atoms with Crippen LogP contribution in [0.15, 0.2) is 18.2 Å². The van der Waals surface area contributed by atoms with Gasteiger partial charge in [-0.25, -0.2) is 9.18 Å². The molecular weight excluding hydrogens is 281 g/mol. The zero-order valence-corrected chi connectivity index (χ0v) is 12.1. The third kappa shape index (κ3) is 4.62. The molecule has 0 radical (unpaired) electrons. The second-order valence-electron chi connectivity index (χ2n) is 4.55. The van der Waals surface area contributed by atoms with Gasteiger partial charge in [0.15, 0.2) is 17.5 Å². The minimum Gasteiger partial charge on any atom is -0.493 e. The molecule has 21 heavy (non-hydrogen) atoms. The maximum absolute atomic E-state index is 12.5. The van der Waals surface area contributed by atoms with Crippen molar-refractivity contribution >= 4 is 11.9 Å². The predicted molar refractivity (Wildman–Crippen MR) is 73.6 cm³/mol. The van der Waals surface area contributed by atoms with Crippen molar-refractivity contribution in [3.8, 4) is 11.5 Å².